The summed E-state index contributed by atoms with van der Waals surface area (Å²) < 4.78 is 11.1. The van der Waals surface area contributed by atoms with Crippen LogP contribution in [0.1, 0.15) is 10.4 Å². The number of nitrogens with one attached hydrogen (secondary N) is 1. The molecular formula is C25H18N2O3. The van der Waals surface area contributed by atoms with Crippen molar-refractivity contribution < 1.29 is 13.9 Å². The van der Waals surface area contributed by atoms with E-state index in [0.29, 0.717) is 28.2 Å². The number of carbonyl (C=O) groups excluding carboxylic acids is 1. The number of benzene rings is 4. The Morgan fingerprint density at radius 1 is 0.933 bits per heavy atom. The van der Waals surface area contributed by atoms with Crippen LogP contribution in [0.25, 0.3) is 33.3 Å². The molecule has 1 N–H and O–H groups in total. The van der Waals surface area contributed by atoms with E-state index in [9.17, 15) is 4.79 Å². The molecule has 0 aliphatic heterocycles. The van der Waals surface area contributed by atoms with Gasteiger partial charge in [0.2, 0.25) is 5.89 Å². The third-order valence-corrected chi connectivity index (χ3v) is 5.00. The predicted molar refractivity (Wildman–Crippen MR) is 118 cm³/mol. The van der Waals surface area contributed by atoms with E-state index in [2.05, 4.69) is 10.3 Å². The van der Waals surface area contributed by atoms with Gasteiger partial charge in [0.1, 0.15) is 11.3 Å². The van der Waals surface area contributed by atoms with E-state index in [1.54, 1.807) is 7.11 Å². The van der Waals surface area contributed by atoms with Crippen molar-refractivity contribution in [3.05, 3.63) is 90.5 Å². The second kappa shape index (κ2) is 7.37. The average Bonchev–Trinajstić information content (AvgIpc) is 3.22. The fraction of sp³-hybridized carbons (Fsp3) is 0.0400. The van der Waals surface area contributed by atoms with Gasteiger partial charge in [-0.2, -0.15) is 0 Å². The number of amides is 1. The standard InChI is InChI=1S/C25H18N2O3/c1-29-19-9-4-8-17(14-19)25-27-22-15-18(12-13-23(22)30-25)26-24(28)21-11-5-7-16-6-2-3-10-20(16)21/h2-15H,1H3,(H,26,28). The van der Waals surface area contributed by atoms with Crippen molar-refractivity contribution in [1.82, 2.24) is 4.98 Å². The van der Waals surface area contributed by atoms with Crippen LogP contribution < -0.4 is 10.1 Å². The Bertz CT molecular complexity index is 1380. The van der Waals surface area contributed by atoms with Crippen LogP contribution in [0.3, 0.4) is 0 Å². The zero-order valence-corrected chi connectivity index (χ0v) is 16.3. The molecular weight excluding hydrogens is 376 g/mol. The molecule has 0 aliphatic carbocycles. The van der Waals surface area contributed by atoms with E-state index in [1.165, 1.54) is 0 Å². The first-order chi connectivity index (χ1) is 14.7. The number of methoxy groups -OCH3 is 1. The van der Waals surface area contributed by atoms with Crippen LogP contribution in [0.4, 0.5) is 5.69 Å². The molecule has 0 unspecified atom stereocenters. The van der Waals surface area contributed by atoms with Gasteiger partial charge < -0.3 is 14.5 Å². The lowest BCUT2D eigenvalue weighted by Gasteiger charge is -2.08. The van der Waals surface area contributed by atoms with Crippen LogP contribution >= 0.6 is 0 Å². The molecule has 0 fully saturated rings. The first kappa shape index (κ1) is 17.9. The van der Waals surface area contributed by atoms with Crippen molar-refractivity contribution in [2.24, 2.45) is 0 Å². The van der Waals surface area contributed by atoms with Gasteiger partial charge in [0, 0.05) is 16.8 Å². The maximum Gasteiger partial charge on any atom is 0.256 e. The molecule has 1 aromatic heterocycles. The molecule has 1 heterocycles. The van der Waals surface area contributed by atoms with E-state index < -0.39 is 0 Å². The number of aromatic nitrogens is 1. The fourth-order valence-corrected chi connectivity index (χ4v) is 3.51. The summed E-state index contributed by atoms with van der Waals surface area (Å²) in [5, 5.41) is 4.91. The van der Waals surface area contributed by atoms with Crippen LogP contribution in [0.5, 0.6) is 5.75 Å². The van der Waals surface area contributed by atoms with E-state index >= 15 is 0 Å². The van der Waals surface area contributed by atoms with Gasteiger partial charge in [-0.15, -0.1) is 0 Å². The molecule has 0 radical (unpaired) electrons. The summed E-state index contributed by atoms with van der Waals surface area (Å²) in [6, 6.07) is 26.5. The number of oxazole rings is 1. The Morgan fingerprint density at radius 2 is 1.77 bits per heavy atom. The van der Waals surface area contributed by atoms with Crippen molar-refractivity contribution >= 4 is 33.5 Å². The minimum Gasteiger partial charge on any atom is -0.497 e. The Labute approximate surface area is 172 Å². The highest BCUT2D eigenvalue weighted by molar-refractivity contribution is 6.13. The van der Waals surface area contributed by atoms with Crippen molar-refractivity contribution in [1.29, 1.82) is 0 Å². The quantitative estimate of drug-likeness (QED) is 0.412. The van der Waals surface area contributed by atoms with Crippen LogP contribution in [-0.4, -0.2) is 18.0 Å². The third-order valence-electron chi connectivity index (χ3n) is 5.00. The summed E-state index contributed by atoms with van der Waals surface area (Å²) in [4.78, 5) is 17.5. The van der Waals surface area contributed by atoms with Crippen LogP contribution in [-0.2, 0) is 0 Å². The lowest BCUT2D eigenvalue weighted by molar-refractivity contribution is 0.102. The Balaban J connectivity index is 1.46. The van der Waals surface area contributed by atoms with Gasteiger partial charge >= 0.3 is 0 Å². The number of hydrogen-bond acceptors (Lipinski definition) is 4. The highest BCUT2D eigenvalue weighted by Crippen LogP contribution is 2.28. The Morgan fingerprint density at radius 3 is 2.67 bits per heavy atom. The van der Waals surface area contributed by atoms with Crippen molar-refractivity contribution in [2.75, 3.05) is 12.4 Å². The molecule has 1 amide bonds. The maximum absolute atomic E-state index is 12.9. The van der Waals surface area contributed by atoms with Crippen molar-refractivity contribution in [2.45, 2.75) is 0 Å². The summed E-state index contributed by atoms with van der Waals surface area (Å²) in [5.41, 5.74) is 3.43. The minimum absolute atomic E-state index is 0.164. The first-order valence-corrected chi connectivity index (χ1v) is 9.55. The highest BCUT2D eigenvalue weighted by Gasteiger charge is 2.13. The smallest absolute Gasteiger partial charge is 0.256 e. The summed E-state index contributed by atoms with van der Waals surface area (Å²) in [6.45, 7) is 0. The molecule has 0 bridgehead atoms. The zero-order chi connectivity index (χ0) is 20.5. The number of fused-ring (bicyclic) bond motifs is 2. The largest absolute Gasteiger partial charge is 0.497 e. The normalized spacial score (nSPS) is 11.0. The molecule has 5 rings (SSSR count). The highest BCUT2D eigenvalue weighted by atomic mass is 16.5. The van der Waals surface area contributed by atoms with Crippen molar-refractivity contribution in [3.8, 4) is 17.2 Å². The summed E-state index contributed by atoms with van der Waals surface area (Å²) in [5.74, 6) is 1.07. The summed E-state index contributed by atoms with van der Waals surface area (Å²) in [6.07, 6.45) is 0. The molecule has 0 saturated heterocycles. The molecule has 5 heteroatoms. The lowest BCUT2D eigenvalue weighted by atomic mass is 10.0. The van der Waals surface area contributed by atoms with Crippen LogP contribution in [0.15, 0.2) is 89.3 Å². The van der Waals surface area contributed by atoms with E-state index in [4.69, 9.17) is 9.15 Å². The number of nitrogens with zero attached hydrogens (tertiary/aromatic N) is 1. The van der Waals surface area contributed by atoms with Gasteiger partial charge in [-0.25, -0.2) is 4.98 Å². The van der Waals surface area contributed by atoms with Crippen LogP contribution in [0, 0.1) is 0 Å². The molecule has 30 heavy (non-hydrogen) atoms. The monoisotopic (exact) mass is 394 g/mol. The first-order valence-electron chi connectivity index (χ1n) is 9.55. The molecule has 5 aromatic rings. The van der Waals surface area contributed by atoms with Gasteiger partial charge in [-0.3, -0.25) is 4.79 Å². The molecule has 146 valence electrons. The lowest BCUT2D eigenvalue weighted by Crippen LogP contribution is -2.12. The molecule has 0 atom stereocenters. The van der Waals surface area contributed by atoms with Gasteiger partial charge in [-0.1, -0.05) is 42.5 Å². The maximum atomic E-state index is 12.9. The number of hydrogen-bond donors (Lipinski definition) is 1. The molecule has 4 aromatic carbocycles. The SMILES string of the molecule is COc1cccc(-c2nc3cc(NC(=O)c4cccc5ccccc45)ccc3o2)c1. The zero-order valence-electron chi connectivity index (χ0n) is 16.3. The number of rotatable bonds is 4. The van der Waals surface area contributed by atoms with Crippen LogP contribution in [0.2, 0.25) is 0 Å². The summed E-state index contributed by atoms with van der Waals surface area (Å²) in [7, 11) is 1.62. The van der Waals surface area contributed by atoms with E-state index in [0.717, 1.165) is 22.1 Å². The second-order valence-corrected chi connectivity index (χ2v) is 6.91. The molecule has 0 aliphatic rings. The third kappa shape index (κ3) is 3.26. The van der Waals surface area contributed by atoms with E-state index in [-0.39, 0.29) is 5.91 Å². The Kier molecular flexibility index (Phi) is 4.41. The molecule has 0 spiro atoms. The number of carbonyl (C=O) groups is 1. The molecule has 0 saturated carbocycles. The van der Waals surface area contributed by atoms with Gasteiger partial charge in [0.25, 0.3) is 5.91 Å². The van der Waals surface area contributed by atoms with Crippen molar-refractivity contribution in [3.63, 3.8) is 0 Å². The number of ether oxygens (including phenoxy) is 1. The molecule has 5 nitrogen and oxygen atoms in total. The minimum atomic E-state index is -0.164. The predicted octanol–water partition coefficient (Wildman–Crippen LogP) is 5.91. The Hall–Kier alpha value is -4.12. The van der Waals surface area contributed by atoms with E-state index in [1.807, 2.05) is 84.9 Å². The van der Waals surface area contributed by atoms with Gasteiger partial charge in [0.15, 0.2) is 5.58 Å². The number of anilines is 1. The summed E-state index contributed by atoms with van der Waals surface area (Å²) >= 11 is 0. The van der Waals surface area contributed by atoms with Gasteiger partial charge in [-0.05, 0) is 53.2 Å². The van der Waals surface area contributed by atoms with Gasteiger partial charge in [0.05, 0.1) is 7.11 Å². The topological polar surface area (TPSA) is 64.4 Å². The average molecular weight is 394 g/mol. The fourth-order valence-electron chi connectivity index (χ4n) is 3.51. The second-order valence-electron chi connectivity index (χ2n) is 6.91.